The summed E-state index contributed by atoms with van der Waals surface area (Å²) in [5.74, 6) is -0.171. The van der Waals surface area contributed by atoms with E-state index in [0.29, 0.717) is 24.5 Å². The summed E-state index contributed by atoms with van der Waals surface area (Å²) in [6.07, 6.45) is 2.64. The maximum Gasteiger partial charge on any atom is 0.303 e. The summed E-state index contributed by atoms with van der Waals surface area (Å²) in [4.78, 5) is 12.9. The molecule has 186 valence electrons. The number of piperidine rings is 1. The van der Waals surface area contributed by atoms with Crippen LogP contribution < -0.4 is 14.4 Å². The van der Waals surface area contributed by atoms with Gasteiger partial charge in [0, 0.05) is 39.8 Å². The molecular weight excluding hydrogens is 480 g/mol. The summed E-state index contributed by atoms with van der Waals surface area (Å²) in [5, 5.41) is 2.70. The average Bonchev–Trinajstić information content (AvgIpc) is 2.84. The van der Waals surface area contributed by atoms with E-state index in [0.717, 1.165) is 27.9 Å². The van der Waals surface area contributed by atoms with Gasteiger partial charge in [-0.1, -0.05) is 6.42 Å². The Hall–Kier alpha value is -2.67. The second-order valence-corrected chi connectivity index (χ2v) is 12.2. The minimum Gasteiger partial charge on any atom is -0.495 e. The molecule has 1 amide bonds. The Labute approximate surface area is 201 Å². The zero-order valence-electron chi connectivity index (χ0n) is 19.7. The van der Waals surface area contributed by atoms with Gasteiger partial charge in [-0.05, 0) is 55.3 Å². The first-order valence-electron chi connectivity index (χ1n) is 10.7. The molecule has 0 bridgehead atoms. The van der Waals surface area contributed by atoms with Crippen molar-refractivity contribution in [1.29, 1.82) is 0 Å². The summed E-state index contributed by atoms with van der Waals surface area (Å²) in [7, 11) is -1.63. The molecule has 1 N–H and O–H groups in total. The topological polar surface area (TPSA) is 116 Å². The number of carbonyl (C=O) groups is 1. The van der Waals surface area contributed by atoms with Crippen LogP contribution in [-0.2, 0) is 20.2 Å². The lowest BCUT2D eigenvalue weighted by molar-refractivity contribution is 0.102. The van der Waals surface area contributed by atoms with Gasteiger partial charge < -0.3 is 10.1 Å². The molecule has 10 nitrogen and oxygen atoms in total. The molecule has 12 heteroatoms. The van der Waals surface area contributed by atoms with Crippen LogP contribution in [-0.4, -0.2) is 72.7 Å². The SMILES string of the molecule is COc1ccc(S(=O)(=O)N2CCCCC2)cc1NC(=O)c1ccc(N(C)S(=O)(=O)N(C)C)cc1. The smallest absolute Gasteiger partial charge is 0.303 e. The maximum absolute atomic E-state index is 13.0. The first kappa shape index (κ1) is 25.9. The molecule has 2 aromatic carbocycles. The van der Waals surface area contributed by atoms with Crippen LogP contribution in [0.1, 0.15) is 29.6 Å². The summed E-state index contributed by atoms with van der Waals surface area (Å²) in [6.45, 7) is 0.945. The van der Waals surface area contributed by atoms with E-state index < -0.39 is 26.1 Å². The van der Waals surface area contributed by atoms with Crippen LogP contribution >= 0.6 is 0 Å². The summed E-state index contributed by atoms with van der Waals surface area (Å²) in [6, 6.07) is 10.4. The number of hydrogen-bond donors (Lipinski definition) is 1. The van der Waals surface area contributed by atoms with Crippen molar-refractivity contribution in [2.24, 2.45) is 0 Å². The summed E-state index contributed by atoms with van der Waals surface area (Å²) in [5.41, 5.74) is 0.880. The molecule has 1 aliphatic heterocycles. The number of benzene rings is 2. The van der Waals surface area contributed by atoms with E-state index in [9.17, 15) is 21.6 Å². The van der Waals surface area contributed by atoms with Gasteiger partial charge in [-0.25, -0.2) is 8.42 Å². The van der Waals surface area contributed by atoms with Crippen LogP contribution in [0.4, 0.5) is 11.4 Å². The highest BCUT2D eigenvalue weighted by Crippen LogP contribution is 2.30. The van der Waals surface area contributed by atoms with Crippen molar-refractivity contribution >= 4 is 37.5 Å². The first-order chi connectivity index (χ1) is 16.0. The van der Waals surface area contributed by atoms with Gasteiger partial charge in [0.25, 0.3) is 5.91 Å². The van der Waals surface area contributed by atoms with E-state index in [1.54, 1.807) is 0 Å². The molecule has 1 saturated heterocycles. The Morgan fingerprint density at radius 1 is 0.941 bits per heavy atom. The second kappa shape index (κ2) is 10.3. The molecule has 34 heavy (non-hydrogen) atoms. The van der Waals surface area contributed by atoms with E-state index in [4.69, 9.17) is 4.74 Å². The third kappa shape index (κ3) is 5.35. The van der Waals surface area contributed by atoms with Crippen molar-refractivity contribution in [3.8, 4) is 5.75 Å². The molecule has 1 fully saturated rings. The summed E-state index contributed by atoms with van der Waals surface area (Å²) >= 11 is 0. The lowest BCUT2D eigenvalue weighted by Gasteiger charge is -2.26. The molecule has 0 aliphatic carbocycles. The number of hydrogen-bond acceptors (Lipinski definition) is 6. The highest BCUT2D eigenvalue weighted by molar-refractivity contribution is 7.90. The molecule has 0 saturated carbocycles. The Morgan fingerprint density at radius 3 is 2.12 bits per heavy atom. The lowest BCUT2D eigenvalue weighted by Crippen LogP contribution is -2.37. The maximum atomic E-state index is 13.0. The monoisotopic (exact) mass is 510 g/mol. The van der Waals surface area contributed by atoms with Gasteiger partial charge in [0.1, 0.15) is 5.75 Å². The number of amides is 1. The molecule has 1 aliphatic rings. The number of ether oxygens (including phenoxy) is 1. The Morgan fingerprint density at radius 2 is 1.56 bits per heavy atom. The average molecular weight is 511 g/mol. The van der Waals surface area contributed by atoms with Crippen molar-refractivity contribution < 1.29 is 26.4 Å². The number of rotatable bonds is 8. The predicted octanol–water partition coefficient (Wildman–Crippen LogP) is 2.36. The third-order valence-corrected chi connectivity index (χ3v) is 9.39. The minimum absolute atomic E-state index is 0.0800. The van der Waals surface area contributed by atoms with Gasteiger partial charge in [-0.2, -0.15) is 17.0 Å². The van der Waals surface area contributed by atoms with Crippen LogP contribution in [0.2, 0.25) is 0 Å². The number of carbonyl (C=O) groups excluding carboxylic acids is 1. The van der Waals surface area contributed by atoms with E-state index in [-0.39, 0.29) is 16.1 Å². The minimum atomic E-state index is -3.69. The number of methoxy groups -OCH3 is 1. The fourth-order valence-electron chi connectivity index (χ4n) is 3.59. The van der Waals surface area contributed by atoms with Gasteiger partial charge in [0.05, 0.1) is 23.4 Å². The van der Waals surface area contributed by atoms with Crippen LogP contribution in [0.25, 0.3) is 0 Å². The molecule has 0 unspecified atom stereocenters. The van der Waals surface area contributed by atoms with Gasteiger partial charge in [-0.15, -0.1) is 0 Å². The number of nitrogens with zero attached hydrogens (tertiary/aromatic N) is 3. The molecular formula is C22H30N4O6S2. The number of sulfonamides is 1. The van der Waals surface area contributed by atoms with E-state index >= 15 is 0 Å². The molecule has 0 spiro atoms. The zero-order chi connectivity index (χ0) is 25.1. The third-order valence-electron chi connectivity index (χ3n) is 5.67. The van der Waals surface area contributed by atoms with Crippen molar-refractivity contribution in [3.05, 3.63) is 48.0 Å². The Kier molecular flexibility index (Phi) is 7.86. The first-order valence-corrected chi connectivity index (χ1v) is 13.6. The number of nitrogens with one attached hydrogen (secondary N) is 1. The zero-order valence-corrected chi connectivity index (χ0v) is 21.3. The highest BCUT2D eigenvalue weighted by atomic mass is 32.2. The predicted molar refractivity (Wildman–Crippen MR) is 131 cm³/mol. The molecule has 1 heterocycles. The fourth-order valence-corrected chi connectivity index (χ4v) is 6.02. The largest absolute Gasteiger partial charge is 0.495 e. The van der Waals surface area contributed by atoms with E-state index in [1.165, 1.54) is 75.0 Å². The van der Waals surface area contributed by atoms with Crippen molar-refractivity contribution in [3.63, 3.8) is 0 Å². The molecule has 0 atom stereocenters. The normalized spacial score (nSPS) is 15.2. The second-order valence-electron chi connectivity index (χ2n) is 8.09. The Bertz CT molecular complexity index is 1240. The highest BCUT2D eigenvalue weighted by Gasteiger charge is 2.27. The van der Waals surface area contributed by atoms with Gasteiger partial charge in [-0.3, -0.25) is 9.10 Å². The van der Waals surface area contributed by atoms with Gasteiger partial charge in [0.15, 0.2) is 0 Å². The van der Waals surface area contributed by atoms with Gasteiger partial charge >= 0.3 is 10.2 Å². The van der Waals surface area contributed by atoms with Crippen LogP contribution in [0.3, 0.4) is 0 Å². The van der Waals surface area contributed by atoms with Crippen LogP contribution in [0.15, 0.2) is 47.4 Å². The van der Waals surface area contributed by atoms with E-state index in [2.05, 4.69) is 5.32 Å². The molecule has 2 aromatic rings. The fraction of sp³-hybridized carbons (Fsp3) is 0.409. The van der Waals surface area contributed by atoms with E-state index in [1.807, 2.05) is 0 Å². The van der Waals surface area contributed by atoms with Crippen molar-refractivity contribution in [2.75, 3.05) is 51.0 Å². The number of anilines is 2. The quantitative estimate of drug-likeness (QED) is 0.583. The van der Waals surface area contributed by atoms with Gasteiger partial charge in [0.2, 0.25) is 10.0 Å². The summed E-state index contributed by atoms with van der Waals surface area (Å²) < 4.78 is 59.6. The molecule has 3 rings (SSSR count). The standard InChI is InChI=1S/C22H30N4O6S2/c1-24(2)34(30,31)25(3)18-10-8-17(9-11-18)22(27)23-20-16-19(12-13-21(20)32-4)33(28,29)26-14-6-5-7-15-26/h8-13,16H,5-7,14-15H2,1-4H3,(H,23,27). The molecule has 0 aromatic heterocycles. The lowest BCUT2D eigenvalue weighted by atomic mass is 10.2. The molecule has 0 radical (unpaired) electrons. The van der Waals surface area contributed by atoms with Crippen molar-refractivity contribution in [1.82, 2.24) is 8.61 Å². The van der Waals surface area contributed by atoms with Crippen molar-refractivity contribution in [2.45, 2.75) is 24.2 Å². The Balaban J connectivity index is 1.83. The van der Waals surface area contributed by atoms with Crippen LogP contribution in [0.5, 0.6) is 5.75 Å². The van der Waals surface area contributed by atoms with Crippen LogP contribution in [0, 0.1) is 0 Å².